The van der Waals surface area contributed by atoms with Crippen molar-refractivity contribution in [3.8, 4) is 0 Å². The molecule has 0 unspecified atom stereocenters. The molecule has 0 fully saturated rings. The molecule has 1 aromatic carbocycles. The van der Waals surface area contributed by atoms with Crippen LogP contribution in [0.4, 0.5) is 0 Å². The number of hydrogen-bond acceptors (Lipinski definition) is 3. The van der Waals surface area contributed by atoms with E-state index in [2.05, 4.69) is 0 Å². The highest BCUT2D eigenvalue weighted by atomic mass is 16.3. The molecule has 1 heterocycles. The number of aliphatic hydroxyl groups is 1. The van der Waals surface area contributed by atoms with Gasteiger partial charge in [0, 0.05) is 12.5 Å². The van der Waals surface area contributed by atoms with E-state index in [1.807, 2.05) is 30.3 Å². The highest BCUT2D eigenvalue weighted by Crippen LogP contribution is 2.12. The van der Waals surface area contributed by atoms with Gasteiger partial charge in [0.2, 0.25) is 5.91 Å². The van der Waals surface area contributed by atoms with E-state index in [4.69, 9.17) is 0 Å². The Labute approximate surface area is 99.2 Å². The van der Waals surface area contributed by atoms with Crippen LogP contribution in [0.3, 0.4) is 0 Å². The molecule has 1 N–H and O–H groups in total. The van der Waals surface area contributed by atoms with Gasteiger partial charge in [-0.05, 0) is 18.1 Å². The summed E-state index contributed by atoms with van der Waals surface area (Å²) in [5.41, 5.74) is 1.04. The summed E-state index contributed by atoms with van der Waals surface area (Å²) in [5.74, 6) is -0.799. The van der Waals surface area contributed by atoms with Crippen LogP contribution in [0.15, 0.2) is 42.5 Å². The number of aliphatic hydroxyl groups excluding tert-OH is 1. The normalized spacial score (nSPS) is 18.8. The van der Waals surface area contributed by atoms with Crippen molar-refractivity contribution in [1.29, 1.82) is 0 Å². The fourth-order valence-electron chi connectivity index (χ4n) is 1.75. The Morgan fingerprint density at radius 3 is 2.59 bits per heavy atom. The minimum absolute atomic E-state index is 0.217. The molecule has 0 saturated carbocycles. The molecule has 0 aliphatic carbocycles. The molecule has 0 bridgehead atoms. The van der Waals surface area contributed by atoms with Crippen LogP contribution in [-0.4, -0.2) is 28.0 Å². The molecular formula is C13H13NO3. The van der Waals surface area contributed by atoms with Crippen LogP contribution in [0, 0.1) is 0 Å². The summed E-state index contributed by atoms with van der Waals surface area (Å²) in [5, 5.41) is 9.42. The number of amides is 2. The maximum Gasteiger partial charge on any atom is 0.255 e. The van der Waals surface area contributed by atoms with Crippen LogP contribution in [0.2, 0.25) is 0 Å². The Balaban J connectivity index is 1.92. The lowest BCUT2D eigenvalue weighted by molar-refractivity contribution is -0.148. The lowest BCUT2D eigenvalue weighted by atomic mass is 10.1. The summed E-state index contributed by atoms with van der Waals surface area (Å²) in [6.45, 7) is 0. The van der Waals surface area contributed by atoms with Crippen molar-refractivity contribution in [2.75, 3.05) is 0 Å². The molecule has 4 heteroatoms. The molecule has 0 radical (unpaired) electrons. The second kappa shape index (κ2) is 4.93. The van der Waals surface area contributed by atoms with Crippen LogP contribution in [0.25, 0.3) is 0 Å². The van der Waals surface area contributed by atoms with E-state index in [9.17, 15) is 14.7 Å². The van der Waals surface area contributed by atoms with Crippen molar-refractivity contribution in [2.45, 2.75) is 19.1 Å². The molecule has 0 spiro atoms. The van der Waals surface area contributed by atoms with Gasteiger partial charge in [-0.25, -0.2) is 4.90 Å². The highest BCUT2D eigenvalue weighted by molar-refractivity contribution is 6.03. The first-order valence-electron chi connectivity index (χ1n) is 5.44. The van der Waals surface area contributed by atoms with Crippen LogP contribution < -0.4 is 0 Å². The number of hydrogen-bond donors (Lipinski definition) is 1. The number of rotatable bonds is 3. The lowest BCUT2D eigenvalue weighted by Crippen LogP contribution is -2.39. The number of nitrogens with zero attached hydrogens (tertiary/aromatic N) is 1. The topological polar surface area (TPSA) is 57.6 Å². The Hall–Kier alpha value is -1.94. The van der Waals surface area contributed by atoms with E-state index < -0.39 is 12.1 Å². The first kappa shape index (κ1) is 11.5. The van der Waals surface area contributed by atoms with E-state index >= 15 is 0 Å². The van der Waals surface area contributed by atoms with Crippen molar-refractivity contribution < 1.29 is 14.7 Å². The van der Waals surface area contributed by atoms with Gasteiger partial charge < -0.3 is 5.11 Å². The molecule has 1 aliphatic rings. The summed E-state index contributed by atoms with van der Waals surface area (Å²) < 4.78 is 0. The van der Waals surface area contributed by atoms with E-state index in [-0.39, 0.29) is 12.3 Å². The zero-order valence-corrected chi connectivity index (χ0v) is 9.24. The predicted octanol–water partition coefficient (Wildman–Crippen LogP) is 0.863. The van der Waals surface area contributed by atoms with Crippen LogP contribution in [0.1, 0.15) is 12.0 Å². The molecular weight excluding hydrogens is 218 g/mol. The maximum absolute atomic E-state index is 11.7. The Bertz CT molecular complexity index is 453. The van der Waals surface area contributed by atoms with Gasteiger partial charge in [0.05, 0.1) is 0 Å². The fourth-order valence-corrected chi connectivity index (χ4v) is 1.75. The lowest BCUT2D eigenvalue weighted by Gasteiger charge is -2.18. The van der Waals surface area contributed by atoms with Crippen molar-refractivity contribution in [2.24, 2.45) is 0 Å². The van der Waals surface area contributed by atoms with Crippen LogP contribution >= 0.6 is 0 Å². The van der Waals surface area contributed by atoms with Gasteiger partial charge in [-0.15, -0.1) is 0 Å². The Kier molecular flexibility index (Phi) is 3.35. The third-order valence-electron chi connectivity index (χ3n) is 2.65. The largest absolute Gasteiger partial charge is 0.369 e. The fraction of sp³-hybridized carbons (Fsp3) is 0.231. The molecule has 0 saturated heterocycles. The molecule has 2 rings (SSSR count). The molecule has 1 atom stereocenters. The number of aryl methyl sites for hydroxylation is 1. The highest BCUT2D eigenvalue weighted by Gasteiger charge is 2.29. The number of carbonyl (C=O) groups excluding carboxylic acids is 2. The van der Waals surface area contributed by atoms with Gasteiger partial charge in [-0.2, -0.15) is 0 Å². The molecule has 17 heavy (non-hydrogen) atoms. The number of carbonyl (C=O) groups is 2. The van der Waals surface area contributed by atoms with E-state index in [1.54, 1.807) is 0 Å². The van der Waals surface area contributed by atoms with Crippen LogP contribution in [-0.2, 0) is 16.0 Å². The van der Waals surface area contributed by atoms with Gasteiger partial charge >= 0.3 is 0 Å². The molecule has 2 amide bonds. The first-order chi connectivity index (χ1) is 8.18. The zero-order chi connectivity index (χ0) is 12.3. The number of benzene rings is 1. The molecule has 1 aliphatic heterocycles. The molecule has 88 valence electrons. The SMILES string of the molecule is O=C1C=C[C@H](O)N1C(=O)CCc1ccccc1. The van der Waals surface area contributed by atoms with Gasteiger partial charge in [-0.3, -0.25) is 9.59 Å². The molecule has 1 aromatic rings. The van der Waals surface area contributed by atoms with Crippen molar-refractivity contribution in [3.63, 3.8) is 0 Å². The average Bonchev–Trinajstić information content (AvgIpc) is 2.67. The molecule has 0 aromatic heterocycles. The average molecular weight is 231 g/mol. The standard InChI is InChI=1S/C13H13NO3/c15-11(14-12(16)8-9-13(14)17)7-6-10-4-2-1-3-5-10/h1-5,8-9,12,16H,6-7H2/t12-/m0/s1. The van der Waals surface area contributed by atoms with E-state index in [0.717, 1.165) is 10.5 Å². The minimum atomic E-state index is -1.11. The van der Waals surface area contributed by atoms with Gasteiger partial charge in [0.1, 0.15) is 0 Å². The quantitative estimate of drug-likeness (QED) is 0.839. The van der Waals surface area contributed by atoms with Crippen molar-refractivity contribution in [3.05, 3.63) is 48.0 Å². The monoisotopic (exact) mass is 231 g/mol. The Morgan fingerprint density at radius 2 is 2.00 bits per heavy atom. The summed E-state index contributed by atoms with van der Waals surface area (Å²) in [6.07, 6.45) is 2.20. The minimum Gasteiger partial charge on any atom is -0.369 e. The van der Waals surface area contributed by atoms with E-state index in [1.165, 1.54) is 12.2 Å². The Morgan fingerprint density at radius 1 is 1.29 bits per heavy atom. The third kappa shape index (κ3) is 2.60. The van der Waals surface area contributed by atoms with Crippen molar-refractivity contribution in [1.82, 2.24) is 4.90 Å². The predicted molar refractivity (Wildman–Crippen MR) is 61.8 cm³/mol. The summed E-state index contributed by atoms with van der Waals surface area (Å²) in [6, 6.07) is 9.55. The smallest absolute Gasteiger partial charge is 0.255 e. The van der Waals surface area contributed by atoms with Gasteiger partial charge in [-0.1, -0.05) is 30.3 Å². The van der Waals surface area contributed by atoms with E-state index in [0.29, 0.717) is 6.42 Å². The summed E-state index contributed by atoms with van der Waals surface area (Å²) in [7, 11) is 0. The molecule has 4 nitrogen and oxygen atoms in total. The van der Waals surface area contributed by atoms with Gasteiger partial charge in [0.15, 0.2) is 6.23 Å². The van der Waals surface area contributed by atoms with Crippen LogP contribution in [0.5, 0.6) is 0 Å². The second-order valence-electron chi connectivity index (χ2n) is 3.86. The van der Waals surface area contributed by atoms with Gasteiger partial charge in [0.25, 0.3) is 5.91 Å². The summed E-state index contributed by atoms with van der Waals surface area (Å²) in [4.78, 5) is 23.9. The summed E-state index contributed by atoms with van der Waals surface area (Å²) >= 11 is 0. The third-order valence-corrected chi connectivity index (χ3v) is 2.65. The zero-order valence-electron chi connectivity index (χ0n) is 9.24. The van der Waals surface area contributed by atoms with Crippen molar-refractivity contribution >= 4 is 11.8 Å². The maximum atomic E-state index is 11.7. The second-order valence-corrected chi connectivity index (χ2v) is 3.86. The first-order valence-corrected chi connectivity index (χ1v) is 5.44. The number of imide groups is 1.